The molecular formula is C28H29NO2. The molecule has 3 aromatic rings. The summed E-state index contributed by atoms with van der Waals surface area (Å²) in [5, 5.41) is 0. The molecule has 1 aliphatic rings. The number of hydrogen-bond donors (Lipinski definition) is 0. The maximum Gasteiger partial charge on any atom is 0.340 e. The molecule has 0 aliphatic carbocycles. The van der Waals surface area contributed by atoms with Crippen molar-refractivity contribution in [1.29, 1.82) is 0 Å². The van der Waals surface area contributed by atoms with Gasteiger partial charge < -0.3 is 9.64 Å². The molecule has 3 nitrogen and oxygen atoms in total. The molecule has 3 aromatic carbocycles. The average Bonchev–Trinajstić information content (AvgIpc) is 3.21. The Balaban J connectivity index is 1.69. The summed E-state index contributed by atoms with van der Waals surface area (Å²) in [5.41, 5.74) is 5.33. The highest BCUT2D eigenvalue weighted by molar-refractivity contribution is 6.17. The van der Waals surface area contributed by atoms with Gasteiger partial charge in [0.1, 0.15) is 0 Å². The molecule has 1 heterocycles. The van der Waals surface area contributed by atoms with Crippen LogP contribution in [0, 0.1) is 0 Å². The van der Waals surface area contributed by atoms with Crippen LogP contribution in [0.5, 0.6) is 0 Å². The molecule has 1 aliphatic heterocycles. The zero-order valence-corrected chi connectivity index (χ0v) is 18.0. The molecular weight excluding hydrogens is 382 g/mol. The number of esters is 1. The van der Waals surface area contributed by atoms with Crippen LogP contribution in [-0.4, -0.2) is 24.0 Å². The largest absolute Gasteiger partial charge is 0.465 e. The fourth-order valence-electron chi connectivity index (χ4n) is 4.48. The maximum absolute atomic E-state index is 12.9. The van der Waals surface area contributed by atoms with Crippen molar-refractivity contribution in [2.45, 2.75) is 38.3 Å². The molecule has 0 amide bonds. The Morgan fingerprint density at radius 1 is 0.871 bits per heavy atom. The van der Waals surface area contributed by atoms with E-state index < -0.39 is 0 Å². The van der Waals surface area contributed by atoms with E-state index in [9.17, 15) is 4.79 Å². The van der Waals surface area contributed by atoms with Gasteiger partial charge in [-0.3, -0.25) is 0 Å². The lowest BCUT2D eigenvalue weighted by Crippen LogP contribution is -2.29. The van der Waals surface area contributed by atoms with E-state index in [4.69, 9.17) is 4.74 Å². The summed E-state index contributed by atoms with van der Waals surface area (Å²) in [6, 6.07) is 31.5. The molecule has 0 aromatic heterocycles. The molecule has 1 saturated heterocycles. The Kier molecular flexibility index (Phi) is 6.83. The van der Waals surface area contributed by atoms with Gasteiger partial charge >= 0.3 is 5.97 Å². The van der Waals surface area contributed by atoms with E-state index in [1.165, 1.54) is 18.2 Å². The van der Waals surface area contributed by atoms with Crippen LogP contribution in [0.3, 0.4) is 0 Å². The monoisotopic (exact) mass is 411 g/mol. The van der Waals surface area contributed by atoms with Crippen molar-refractivity contribution in [3.8, 4) is 0 Å². The third-order valence-electron chi connectivity index (χ3n) is 6.05. The smallest absolute Gasteiger partial charge is 0.340 e. The first-order valence-corrected chi connectivity index (χ1v) is 11.0. The second-order valence-electron chi connectivity index (χ2n) is 8.01. The second-order valence-corrected chi connectivity index (χ2v) is 8.01. The number of rotatable bonds is 7. The predicted octanol–water partition coefficient (Wildman–Crippen LogP) is 5.87. The van der Waals surface area contributed by atoms with Crippen LogP contribution in [0.4, 0.5) is 0 Å². The molecule has 0 N–H and O–H groups in total. The molecule has 3 heteroatoms. The number of hydrogen-bond acceptors (Lipinski definition) is 3. The standard InChI is InChI=1S/C28H29NO2/c1-31-28(30)27(24-15-9-4-10-16-24)26-20-19-25(18-17-22-11-5-2-6-12-22)29(26)21-23-13-7-3-8-14-23/h2-16,25H,17-21H2,1H3/b27-26+/t25-/m1/s1. The lowest BCUT2D eigenvalue weighted by atomic mass is 10.0. The van der Waals surface area contributed by atoms with E-state index in [2.05, 4.69) is 59.5 Å². The number of likely N-dealkylation sites (tertiary alicyclic amines) is 1. The van der Waals surface area contributed by atoms with Crippen molar-refractivity contribution in [2.75, 3.05) is 7.11 Å². The summed E-state index contributed by atoms with van der Waals surface area (Å²) in [5.74, 6) is -0.261. The van der Waals surface area contributed by atoms with Crippen molar-refractivity contribution in [1.82, 2.24) is 4.90 Å². The third kappa shape index (κ3) is 5.05. The van der Waals surface area contributed by atoms with Gasteiger partial charge in [-0.15, -0.1) is 0 Å². The summed E-state index contributed by atoms with van der Waals surface area (Å²) in [7, 11) is 1.47. The number of methoxy groups -OCH3 is 1. The lowest BCUT2D eigenvalue weighted by molar-refractivity contribution is -0.133. The van der Waals surface area contributed by atoms with Crippen LogP contribution < -0.4 is 0 Å². The Hall–Kier alpha value is -3.33. The molecule has 0 spiro atoms. The first kappa shape index (κ1) is 20.9. The topological polar surface area (TPSA) is 29.5 Å². The summed E-state index contributed by atoms with van der Waals surface area (Å²) < 4.78 is 5.22. The number of nitrogens with zero attached hydrogens (tertiary/aromatic N) is 1. The van der Waals surface area contributed by atoms with Crippen LogP contribution in [0.1, 0.15) is 36.0 Å². The summed E-state index contributed by atoms with van der Waals surface area (Å²) >= 11 is 0. The Morgan fingerprint density at radius 2 is 1.45 bits per heavy atom. The van der Waals surface area contributed by atoms with Gasteiger partial charge in [-0.2, -0.15) is 0 Å². The number of allylic oxidation sites excluding steroid dienone is 1. The highest BCUT2D eigenvalue weighted by Crippen LogP contribution is 2.37. The van der Waals surface area contributed by atoms with Crippen molar-refractivity contribution < 1.29 is 9.53 Å². The zero-order chi connectivity index (χ0) is 21.5. The molecule has 1 atom stereocenters. The summed E-state index contributed by atoms with van der Waals surface area (Å²) in [6.45, 7) is 0.795. The molecule has 4 rings (SSSR count). The quantitative estimate of drug-likeness (QED) is 0.360. The molecule has 0 radical (unpaired) electrons. The SMILES string of the molecule is COC(=O)/C(=C1\CC[C@@H](CCc2ccccc2)N1Cc1ccccc1)c1ccccc1. The molecule has 0 saturated carbocycles. The average molecular weight is 412 g/mol. The van der Waals surface area contributed by atoms with E-state index in [-0.39, 0.29) is 5.97 Å². The van der Waals surface area contributed by atoms with Gasteiger partial charge in [-0.1, -0.05) is 91.0 Å². The summed E-state index contributed by atoms with van der Waals surface area (Å²) in [6.07, 6.45) is 4.01. The van der Waals surface area contributed by atoms with Gasteiger partial charge in [-0.25, -0.2) is 4.79 Å². The Bertz CT molecular complexity index is 1010. The highest BCUT2D eigenvalue weighted by Gasteiger charge is 2.32. The van der Waals surface area contributed by atoms with E-state index in [0.717, 1.165) is 43.5 Å². The van der Waals surface area contributed by atoms with E-state index in [1.807, 2.05) is 36.4 Å². The van der Waals surface area contributed by atoms with E-state index in [0.29, 0.717) is 11.6 Å². The van der Waals surface area contributed by atoms with Gasteiger partial charge in [0.2, 0.25) is 0 Å². The zero-order valence-electron chi connectivity index (χ0n) is 18.0. The predicted molar refractivity (Wildman–Crippen MR) is 125 cm³/mol. The van der Waals surface area contributed by atoms with Crippen LogP contribution in [0.25, 0.3) is 5.57 Å². The minimum absolute atomic E-state index is 0.261. The first-order chi connectivity index (χ1) is 15.3. The minimum Gasteiger partial charge on any atom is -0.465 e. The van der Waals surface area contributed by atoms with Gasteiger partial charge in [0.25, 0.3) is 0 Å². The fraction of sp³-hybridized carbons (Fsp3) is 0.250. The minimum atomic E-state index is -0.261. The molecule has 0 unspecified atom stereocenters. The van der Waals surface area contributed by atoms with E-state index in [1.54, 1.807) is 0 Å². The maximum atomic E-state index is 12.9. The lowest BCUT2D eigenvalue weighted by Gasteiger charge is -2.30. The van der Waals surface area contributed by atoms with Crippen molar-refractivity contribution in [3.63, 3.8) is 0 Å². The highest BCUT2D eigenvalue weighted by atomic mass is 16.5. The number of aryl methyl sites for hydroxylation is 1. The van der Waals surface area contributed by atoms with Crippen molar-refractivity contribution in [2.24, 2.45) is 0 Å². The molecule has 1 fully saturated rings. The second kappa shape index (κ2) is 10.1. The number of carbonyl (C=O) groups is 1. The normalized spacial score (nSPS) is 17.5. The first-order valence-electron chi connectivity index (χ1n) is 11.0. The van der Waals surface area contributed by atoms with Gasteiger partial charge in [-0.05, 0) is 42.4 Å². The van der Waals surface area contributed by atoms with Crippen LogP contribution in [-0.2, 0) is 22.5 Å². The van der Waals surface area contributed by atoms with Gasteiger partial charge in [0.15, 0.2) is 0 Å². The fourth-order valence-corrected chi connectivity index (χ4v) is 4.48. The summed E-state index contributed by atoms with van der Waals surface area (Å²) in [4.78, 5) is 15.3. The van der Waals surface area contributed by atoms with Crippen LogP contribution in [0.2, 0.25) is 0 Å². The van der Waals surface area contributed by atoms with Gasteiger partial charge in [0.05, 0.1) is 12.7 Å². The van der Waals surface area contributed by atoms with Crippen LogP contribution >= 0.6 is 0 Å². The van der Waals surface area contributed by atoms with Crippen LogP contribution in [0.15, 0.2) is 96.7 Å². The Labute approximate surface area is 185 Å². The number of ether oxygens (including phenoxy) is 1. The van der Waals surface area contributed by atoms with E-state index >= 15 is 0 Å². The third-order valence-corrected chi connectivity index (χ3v) is 6.05. The molecule has 0 bridgehead atoms. The molecule has 31 heavy (non-hydrogen) atoms. The van der Waals surface area contributed by atoms with Crippen molar-refractivity contribution >= 4 is 11.5 Å². The Morgan fingerprint density at radius 3 is 2.06 bits per heavy atom. The molecule has 158 valence electrons. The van der Waals surface area contributed by atoms with Gasteiger partial charge in [0, 0.05) is 18.3 Å². The van der Waals surface area contributed by atoms with Crippen molar-refractivity contribution in [3.05, 3.63) is 113 Å². The number of carbonyl (C=O) groups excluding carboxylic acids is 1. The number of benzene rings is 3.